The van der Waals surface area contributed by atoms with E-state index in [1.54, 1.807) is 19.1 Å². The van der Waals surface area contributed by atoms with Crippen LogP contribution in [0.25, 0.3) is 10.8 Å². The van der Waals surface area contributed by atoms with Crippen LogP contribution >= 0.6 is 0 Å². The van der Waals surface area contributed by atoms with Gasteiger partial charge in [-0.25, -0.2) is 18.1 Å². The molecule has 1 N–H and O–H groups in total. The Morgan fingerprint density at radius 2 is 1.51 bits per heavy atom. The van der Waals surface area contributed by atoms with Crippen LogP contribution in [0.2, 0.25) is 0 Å². The van der Waals surface area contributed by atoms with Crippen molar-refractivity contribution < 1.29 is 18.0 Å². The minimum atomic E-state index is -3.44. The van der Waals surface area contributed by atoms with Crippen molar-refractivity contribution in [3.05, 3.63) is 83.9 Å². The van der Waals surface area contributed by atoms with Crippen LogP contribution in [-0.2, 0) is 26.1 Å². The maximum absolute atomic E-state index is 13.5. The zero-order chi connectivity index (χ0) is 24.6. The fraction of sp³-hybridized carbons (Fsp3) is 0.308. The molecule has 0 radical (unpaired) electrons. The Morgan fingerprint density at radius 1 is 0.857 bits per heavy atom. The van der Waals surface area contributed by atoms with Gasteiger partial charge in [-0.2, -0.15) is 4.31 Å². The molecule has 2 fully saturated rings. The van der Waals surface area contributed by atoms with Gasteiger partial charge < -0.3 is 5.32 Å². The summed E-state index contributed by atoms with van der Waals surface area (Å²) in [5, 5.41) is 4.81. The van der Waals surface area contributed by atoms with Crippen LogP contribution in [0.5, 0.6) is 0 Å². The number of fused-ring (bicyclic) bond motifs is 1. The molecule has 1 atom stereocenters. The van der Waals surface area contributed by atoms with Crippen molar-refractivity contribution in [3.8, 4) is 0 Å². The average Bonchev–Trinajstić information content (AvgIpc) is 3.08. The molecule has 0 spiro atoms. The second kappa shape index (κ2) is 9.07. The van der Waals surface area contributed by atoms with Crippen molar-refractivity contribution in [3.63, 3.8) is 0 Å². The molecule has 2 aliphatic rings. The summed E-state index contributed by atoms with van der Waals surface area (Å²) in [6.07, 6.45) is 0. The topological polar surface area (TPSA) is 90.0 Å². The molecule has 0 aliphatic carbocycles. The maximum atomic E-state index is 13.5. The molecule has 9 heteroatoms. The van der Waals surface area contributed by atoms with Gasteiger partial charge in [-0.05, 0) is 28.8 Å². The number of piperazine rings is 1. The van der Waals surface area contributed by atoms with Crippen LogP contribution in [0.3, 0.4) is 0 Å². The highest BCUT2D eigenvalue weighted by atomic mass is 32.2. The molecule has 0 saturated carbocycles. The summed E-state index contributed by atoms with van der Waals surface area (Å²) in [4.78, 5) is 29.5. The molecule has 0 aromatic heterocycles. The monoisotopic (exact) mass is 492 g/mol. The highest BCUT2D eigenvalue weighted by Gasteiger charge is 2.50. The Kier molecular flexibility index (Phi) is 6.08. The number of urea groups is 1. The van der Waals surface area contributed by atoms with Crippen LogP contribution in [0.4, 0.5) is 4.79 Å². The first-order valence-corrected chi connectivity index (χ1v) is 13.3. The molecule has 2 aliphatic heterocycles. The van der Waals surface area contributed by atoms with E-state index in [9.17, 15) is 18.0 Å². The smallest absolute Gasteiger partial charge is 0.319 e. The zero-order valence-corrected chi connectivity index (χ0v) is 20.4. The number of sulfonamides is 1. The predicted octanol–water partition coefficient (Wildman–Crippen LogP) is 2.71. The van der Waals surface area contributed by atoms with E-state index >= 15 is 0 Å². The van der Waals surface area contributed by atoms with E-state index in [1.165, 1.54) is 9.21 Å². The van der Waals surface area contributed by atoms with Crippen LogP contribution < -0.4 is 5.32 Å². The molecule has 3 amide bonds. The number of hydrogen-bond donors (Lipinski definition) is 1. The number of hydrogen-bond acceptors (Lipinski definition) is 5. The summed E-state index contributed by atoms with van der Waals surface area (Å²) in [7, 11) is -3.44. The van der Waals surface area contributed by atoms with Crippen molar-refractivity contribution in [1.82, 2.24) is 19.4 Å². The zero-order valence-electron chi connectivity index (χ0n) is 19.6. The molecule has 0 bridgehead atoms. The van der Waals surface area contributed by atoms with Crippen LogP contribution in [0.15, 0.2) is 72.8 Å². The van der Waals surface area contributed by atoms with Gasteiger partial charge in [0.25, 0.3) is 5.91 Å². The van der Waals surface area contributed by atoms with Gasteiger partial charge in [0.15, 0.2) is 0 Å². The highest BCUT2D eigenvalue weighted by Crippen LogP contribution is 2.34. The van der Waals surface area contributed by atoms with Crippen LogP contribution in [0, 0.1) is 0 Å². The first-order chi connectivity index (χ1) is 16.8. The van der Waals surface area contributed by atoms with Gasteiger partial charge in [-0.15, -0.1) is 0 Å². The summed E-state index contributed by atoms with van der Waals surface area (Å²) in [5.74, 6) is -0.345. The lowest BCUT2D eigenvalue weighted by Gasteiger charge is -2.35. The second-order valence-corrected chi connectivity index (χ2v) is 11.2. The maximum Gasteiger partial charge on any atom is 0.326 e. The SMILES string of the molecule is C[C@]1(c2cccc3ccccc23)NC(=O)N(CN2CCN(S(=O)(=O)Cc3ccccc3)CC2)C1=O. The van der Waals surface area contributed by atoms with E-state index in [0.29, 0.717) is 26.2 Å². The van der Waals surface area contributed by atoms with Gasteiger partial charge in [-0.3, -0.25) is 9.69 Å². The number of carbonyl (C=O) groups excluding carboxylic acids is 2. The number of rotatable bonds is 6. The third-order valence-corrected chi connectivity index (χ3v) is 8.71. The number of imide groups is 1. The van der Waals surface area contributed by atoms with E-state index in [4.69, 9.17) is 0 Å². The Morgan fingerprint density at radius 3 is 2.26 bits per heavy atom. The Balaban J connectivity index is 1.26. The van der Waals surface area contributed by atoms with Crippen LogP contribution in [0.1, 0.15) is 18.1 Å². The highest BCUT2D eigenvalue weighted by molar-refractivity contribution is 7.88. The molecule has 8 nitrogen and oxygen atoms in total. The van der Waals surface area contributed by atoms with Gasteiger partial charge in [0, 0.05) is 26.2 Å². The lowest BCUT2D eigenvalue weighted by atomic mass is 9.88. The minimum Gasteiger partial charge on any atom is -0.319 e. The van der Waals surface area contributed by atoms with Gasteiger partial charge in [-0.1, -0.05) is 72.8 Å². The van der Waals surface area contributed by atoms with Gasteiger partial charge in [0.05, 0.1) is 12.4 Å². The van der Waals surface area contributed by atoms with E-state index in [1.807, 2.05) is 65.6 Å². The normalized spacial score (nSPS) is 22.0. The first-order valence-electron chi connectivity index (χ1n) is 11.6. The molecule has 0 unspecified atom stereocenters. The second-order valence-electron chi connectivity index (χ2n) is 9.22. The van der Waals surface area contributed by atoms with Crippen molar-refractivity contribution in [2.75, 3.05) is 32.8 Å². The third kappa shape index (κ3) is 4.42. The lowest BCUT2D eigenvalue weighted by molar-refractivity contribution is -0.132. The fourth-order valence-corrected chi connectivity index (χ4v) is 6.41. The number of nitrogens with zero attached hydrogens (tertiary/aromatic N) is 3. The number of carbonyl (C=O) groups is 2. The molecular formula is C26H28N4O4S. The average molecular weight is 493 g/mol. The van der Waals surface area contributed by atoms with E-state index in [2.05, 4.69) is 5.32 Å². The Hall–Kier alpha value is -3.27. The molecular weight excluding hydrogens is 464 g/mol. The Labute approximate surface area is 205 Å². The summed E-state index contributed by atoms with van der Waals surface area (Å²) in [6, 6.07) is 22.2. The predicted molar refractivity (Wildman–Crippen MR) is 134 cm³/mol. The molecule has 182 valence electrons. The summed E-state index contributed by atoms with van der Waals surface area (Å²) in [6.45, 7) is 3.38. The first kappa shape index (κ1) is 23.5. The molecule has 3 aromatic carbocycles. The standard InChI is InChI=1S/C26H28N4O4S/c1-26(23-13-7-11-21-10-5-6-12-22(21)23)24(31)30(25(32)27-26)19-28-14-16-29(17-15-28)35(33,34)18-20-8-3-2-4-9-20/h2-13H,14-19H2,1H3,(H,27,32)/t26-/m1/s1. The summed E-state index contributed by atoms with van der Waals surface area (Å²) in [5.41, 5.74) is 0.342. The summed E-state index contributed by atoms with van der Waals surface area (Å²) < 4.78 is 27.2. The van der Waals surface area contributed by atoms with Gasteiger partial charge in [0.1, 0.15) is 5.54 Å². The largest absolute Gasteiger partial charge is 0.326 e. The van der Waals surface area contributed by atoms with E-state index in [0.717, 1.165) is 21.9 Å². The van der Waals surface area contributed by atoms with Gasteiger partial charge >= 0.3 is 6.03 Å². The molecule has 35 heavy (non-hydrogen) atoms. The third-order valence-electron chi connectivity index (χ3n) is 6.86. The molecule has 2 saturated heterocycles. The van der Waals surface area contributed by atoms with Crippen LogP contribution in [-0.4, -0.2) is 67.3 Å². The molecule has 5 rings (SSSR count). The Bertz CT molecular complexity index is 1370. The van der Waals surface area contributed by atoms with Crippen molar-refractivity contribution >= 4 is 32.7 Å². The van der Waals surface area contributed by atoms with E-state index in [-0.39, 0.29) is 18.3 Å². The minimum absolute atomic E-state index is 0.0375. The number of nitrogens with one attached hydrogen (secondary N) is 1. The number of benzene rings is 3. The fourth-order valence-electron chi connectivity index (χ4n) is 4.89. The number of amides is 3. The van der Waals surface area contributed by atoms with Crippen molar-refractivity contribution in [1.29, 1.82) is 0 Å². The summed E-state index contributed by atoms with van der Waals surface area (Å²) >= 11 is 0. The van der Waals surface area contributed by atoms with E-state index < -0.39 is 21.6 Å². The van der Waals surface area contributed by atoms with Crippen molar-refractivity contribution in [2.24, 2.45) is 0 Å². The lowest BCUT2D eigenvalue weighted by Crippen LogP contribution is -2.53. The van der Waals surface area contributed by atoms with Gasteiger partial charge in [0.2, 0.25) is 10.0 Å². The quantitative estimate of drug-likeness (QED) is 0.535. The van der Waals surface area contributed by atoms with Crippen molar-refractivity contribution in [2.45, 2.75) is 18.2 Å². The molecule has 3 aromatic rings. The molecule has 2 heterocycles.